The maximum atomic E-state index is 13.7. The van der Waals surface area contributed by atoms with E-state index in [-0.39, 0.29) is 17.2 Å². The van der Waals surface area contributed by atoms with Crippen LogP contribution in [0.15, 0.2) is 47.3 Å². The second kappa shape index (κ2) is 11.1. The van der Waals surface area contributed by atoms with Gasteiger partial charge in [-0.15, -0.1) is 0 Å². The van der Waals surface area contributed by atoms with E-state index in [2.05, 4.69) is 29.2 Å². The van der Waals surface area contributed by atoms with Gasteiger partial charge in [0.15, 0.2) is 5.69 Å². The fraction of sp³-hybridized carbons (Fsp3) is 0.370. The van der Waals surface area contributed by atoms with Crippen LogP contribution in [0.3, 0.4) is 0 Å². The number of hydrogen-bond acceptors (Lipinski definition) is 5. The van der Waals surface area contributed by atoms with Crippen molar-refractivity contribution in [2.75, 3.05) is 33.3 Å². The number of nitrogens with zero attached hydrogens (tertiary/aromatic N) is 4. The molecule has 4 aromatic rings. The van der Waals surface area contributed by atoms with Crippen molar-refractivity contribution >= 4 is 39.3 Å². The first-order valence-electron chi connectivity index (χ1n) is 12.3. The fourth-order valence-electron chi connectivity index (χ4n) is 4.52. The maximum Gasteiger partial charge on any atom is 0.296 e. The lowest BCUT2D eigenvalue weighted by atomic mass is 10.1. The molecule has 190 valence electrons. The van der Waals surface area contributed by atoms with E-state index in [0.29, 0.717) is 33.9 Å². The van der Waals surface area contributed by atoms with Crippen LogP contribution in [0.25, 0.3) is 27.5 Å². The molecule has 2 heterocycles. The standard InChI is InChI=1S/C27H32ClN5O3/c1-5-7-15-32(6-2)16-14-29-26(34)24-23-19-10-8-9-11-21(19)31(3)25(23)27(35)33(30-24)18-12-13-22(36-4)20(28)17-18/h8-13,17H,5-7,14-16H2,1-4H3,(H,29,34). The number of aryl methyl sites for hydroxylation is 1. The van der Waals surface area contributed by atoms with Crippen molar-refractivity contribution in [1.29, 1.82) is 0 Å². The third-order valence-corrected chi connectivity index (χ3v) is 6.82. The first kappa shape index (κ1) is 25.7. The number of benzene rings is 2. The number of methoxy groups -OCH3 is 1. The summed E-state index contributed by atoms with van der Waals surface area (Å²) < 4.78 is 8.30. The van der Waals surface area contributed by atoms with E-state index in [0.717, 1.165) is 43.4 Å². The molecule has 0 aliphatic rings. The molecule has 0 aliphatic carbocycles. The summed E-state index contributed by atoms with van der Waals surface area (Å²) in [5.41, 5.74) is 1.57. The second-order valence-corrected chi connectivity index (χ2v) is 9.14. The average molecular weight is 510 g/mol. The van der Waals surface area contributed by atoms with E-state index in [1.54, 1.807) is 18.2 Å². The van der Waals surface area contributed by atoms with E-state index in [9.17, 15) is 9.59 Å². The number of rotatable bonds is 10. The molecule has 0 saturated heterocycles. The molecular formula is C27H32ClN5O3. The van der Waals surface area contributed by atoms with E-state index < -0.39 is 0 Å². The Morgan fingerprint density at radius 2 is 1.94 bits per heavy atom. The number of ether oxygens (including phenoxy) is 1. The number of fused-ring (bicyclic) bond motifs is 3. The molecule has 0 bridgehead atoms. The van der Waals surface area contributed by atoms with Crippen molar-refractivity contribution in [2.24, 2.45) is 7.05 Å². The summed E-state index contributed by atoms with van der Waals surface area (Å²) in [7, 11) is 3.35. The molecule has 0 atom stereocenters. The molecule has 9 heteroatoms. The quantitative estimate of drug-likeness (QED) is 0.343. The second-order valence-electron chi connectivity index (χ2n) is 8.73. The molecule has 2 aromatic carbocycles. The highest BCUT2D eigenvalue weighted by Gasteiger charge is 2.23. The highest BCUT2D eigenvalue weighted by Crippen LogP contribution is 2.30. The Balaban J connectivity index is 1.81. The lowest BCUT2D eigenvalue weighted by Crippen LogP contribution is -2.36. The lowest BCUT2D eigenvalue weighted by molar-refractivity contribution is 0.0943. The van der Waals surface area contributed by atoms with Crippen molar-refractivity contribution < 1.29 is 9.53 Å². The number of hydrogen-bond donors (Lipinski definition) is 1. The molecule has 1 amide bonds. The summed E-state index contributed by atoms with van der Waals surface area (Å²) in [5, 5.41) is 9.28. The molecule has 8 nitrogen and oxygen atoms in total. The minimum absolute atomic E-state index is 0.199. The molecular weight excluding hydrogens is 478 g/mol. The van der Waals surface area contributed by atoms with Crippen LogP contribution in [0.2, 0.25) is 5.02 Å². The number of para-hydroxylation sites is 1. The fourth-order valence-corrected chi connectivity index (χ4v) is 4.77. The smallest absolute Gasteiger partial charge is 0.296 e. The zero-order valence-corrected chi connectivity index (χ0v) is 21.9. The number of carbonyl (C=O) groups is 1. The maximum absolute atomic E-state index is 13.7. The Bertz CT molecular complexity index is 1460. The van der Waals surface area contributed by atoms with Gasteiger partial charge in [0.05, 0.1) is 17.8 Å². The van der Waals surface area contributed by atoms with Crippen LogP contribution in [-0.4, -0.2) is 58.4 Å². The molecule has 0 aliphatic heterocycles. The minimum Gasteiger partial charge on any atom is -0.495 e. The van der Waals surface area contributed by atoms with Gasteiger partial charge in [-0.3, -0.25) is 9.59 Å². The number of aromatic nitrogens is 3. The van der Waals surface area contributed by atoms with Gasteiger partial charge in [0.2, 0.25) is 0 Å². The van der Waals surface area contributed by atoms with Crippen LogP contribution in [-0.2, 0) is 7.05 Å². The minimum atomic E-state index is -0.335. The average Bonchev–Trinajstić information content (AvgIpc) is 3.19. The third kappa shape index (κ3) is 4.83. The Hall–Kier alpha value is -3.36. The predicted molar refractivity (Wildman–Crippen MR) is 145 cm³/mol. The summed E-state index contributed by atoms with van der Waals surface area (Å²) >= 11 is 6.34. The molecule has 0 radical (unpaired) electrons. The van der Waals surface area contributed by atoms with Gasteiger partial charge in [-0.1, -0.05) is 50.1 Å². The highest BCUT2D eigenvalue weighted by atomic mass is 35.5. The lowest BCUT2D eigenvalue weighted by Gasteiger charge is -2.20. The van der Waals surface area contributed by atoms with Gasteiger partial charge in [0.1, 0.15) is 11.3 Å². The van der Waals surface area contributed by atoms with Crippen LogP contribution in [0.5, 0.6) is 5.75 Å². The molecule has 0 unspecified atom stereocenters. The highest BCUT2D eigenvalue weighted by molar-refractivity contribution is 6.32. The molecule has 0 saturated carbocycles. The van der Waals surface area contributed by atoms with Crippen molar-refractivity contribution in [3.8, 4) is 11.4 Å². The third-order valence-electron chi connectivity index (χ3n) is 6.52. The molecule has 0 fully saturated rings. The zero-order valence-electron chi connectivity index (χ0n) is 21.2. The van der Waals surface area contributed by atoms with E-state index >= 15 is 0 Å². The van der Waals surface area contributed by atoms with Gasteiger partial charge in [-0.05, 0) is 43.8 Å². The Labute approximate surface area is 215 Å². The normalized spacial score (nSPS) is 11.5. The predicted octanol–water partition coefficient (Wildman–Crippen LogP) is 4.39. The van der Waals surface area contributed by atoms with Gasteiger partial charge in [-0.2, -0.15) is 9.78 Å². The van der Waals surface area contributed by atoms with Gasteiger partial charge < -0.3 is 19.5 Å². The van der Waals surface area contributed by atoms with E-state index in [4.69, 9.17) is 16.3 Å². The summed E-state index contributed by atoms with van der Waals surface area (Å²) in [6.07, 6.45) is 2.25. The monoisotopic (exact) mass is 509 g/mol. The summed E-state index contributed by atoms with van der Waals surface area (Å²) in [6, 6.07) is 12.6. The molecule has 36 heavy (non-hydrogen) atoms. The SMILES string of the molecule is CCCCN(CC)CCNC(=O)c1nn(-c2ccc(OC)c(Cl)c2)c(=O)c2c1c1ccccc1n2C. The van der Waals surface area contributed by atoms with Crippen molar-refractivity contribution in [2.45, 2.75) is 26.7 Å². The zero-order chi connectivity index (χ0) is 25.8. The number of halogens is 1. The van der Waals surface area contributed by atoms with Crippen LogP contribution < -0.4 is 15.6 Å². The Morgan fingerprint density at radius 3 is 2.64 bits per heavy atom. The topological polar surface area (TPSA) is 81.4 Å². The van der Waals surface area contributed by atoms with Crippen molar-refractivity contribution in [3.63, 3.8) is 0 Å². The molecule has 1 N–H and O–H groups in total. The van der Waals surface area contributed by atoms with Gasteiger partial charge in [-0.25, -0.2) is 0 Å². The molecule has 2 aromatic heterocycles. The Morgan fingerprint density at radius 1 is 1.17 bits per heavy atom. The first-order valence-corrected chi connectivity index (χ1v) is 12.6. The number of amides is 1. The Kier molecular flexibility index (Phi) is 7.96. The summed E-state index contributed by atoms with van der Waals surface area (Å²) in [6.45, 7) is 7.44. The summed E-state index contributed by atoms with van der Waals surface area (Å²) in [5.74, 6) is 0.164. The van der Waals surface area contributed by atoms with Crippen LogP contribution in [0.1, 0.15) is 37.2 Å². The molecule has 4 rings (SSSR count). The molecule has 0 spiro atoms. The number of unbranched alkanes of at least 4 members (excludes halogenated alkanes) is 1. The van der Waals surface area contributed by atoms with E-state index in [1.165, 1.54) is 11.8 Å². The van der Waals surface area contributed by atoms with Gasteiger partial charge in [0, 0.05) is 36.4 Å². The van der Waals surface area contributed by atoms with Crippen LogP contribution in [0.4, 0.5) is 0 Å². The van der Waals surface area contributed by atoms with Crippen molar-refractivity contribution in [1.82, 2.24) is 24.6 Å². The van der Waals surface area contributed by atoms with E-state index in [1.807, 2.05) is 35.9 Å². The van der Waals surface area contributed by atoms with Crippen LogP contribution >= 0.6 is 11.6 Å². The summed E-state index contributed by atoms with van der Waals surface area (Å²) in [4.78, 5) is 29.5. The van der Waals surface area contributed by atoms with Crippen LogP contribution in [0, 0.1) is 0 Å². The van der Waals surface area contributed by atoms with Gasteiger partial charge >= 0.3 is 0 Å². The van der Waals surface area contributed by atoms with Crippen molar-refractivity contribution in [3.05, 3.63) is 63.5 Å². The van der Waals surface area contributed by atoms with Gasteiger partial charge in [0.25, 0.3) is 11.5 Å². The first-order chi connectivity index (χ1) is 17.4. The number of likely N-dealkylation sites (N-methyl/N-ethyl adjacent to an activating group) is 1. The largest absolute Gasteiger partial charge is 0.495 e. The number of carbonyl (C=O) groups excluding carboxylic acids is 1. The number of nitrogens with one attached hydrogen (secondary N) is 1.